The zero-order valence-electron chi connectivity index (χ0n) is 21.6. The molecule has 3 heteroatoms. The summed E-state index contributed by atoms with van der Waals surface area (Å²) in [7, 11) is 0.798. The van der Waals surface area contributed by atoms with Crippen LogP contribution in [0.2, 0.25) is 0 Å². The lowest BCUT2D eigenvalue weighted by Gasteiger charge is -2.59. The summed E-state index contributed by atoms with van der Waals surface area (Å²) < 4.78 is 6.28. The third kappa shape index (κ3) is 3.48. The van der Waals surface area contributed by atoms with Gasteiger partial charge < -0.3 is 4.43 Å². The maximum Gasteiger partial charge on any atom is 0.156 e. The summed E-state index contributed by atoms with van der Waals surface area (Å²) >= 11 is 0. The van der Waals surface area contributed by atoms with E-state index < -0.39 is 0 Å². The quantitative estimate of drug-likeness (QED) is 0.498. The molecule has 4 rings (SSSR count). The monoisotopic (exact) mass is 442 g/mol. The predicted molar refractivity (Wildman–Crippen MR) is 133 cm³/mol. The molecule has 0 aromatic rings. The van der Waals surface area contributed by atoms with Crippen LogP contribution in [0.15, 0.2) is 23.3 Å². The van der Waals surface area contributed by atoms with Crippen LogP contribution in [0.3, 0.4) is 0 Å². The van der Waals surface area contributed by atoms with Gasteiger partial charge in [-0.15, -0.1) is 0 Å². The maximum atomic E-state index is 12.2. The first kappa shape index (κ1) is 23.5. The lowest BCUT2D eigenvalue weighted by atomic mass is 9.45. The predicted octanol–water partition coefficient (Wildman–Crippen LogP) is 6.04. The van der Waals surface area contributed by atoms with Crippen LogP contribution in [0.1, 0.15) is 93.9 Å². The Morgan fingerprint density at radius 2 is 1.71 bits per heavy atom. The molecule has 0 saturated heterocycles. The van der Waals surface area contributed by atoms with Gasteiger partial charge in [-0.05, 0) is 110 Å². The highest BCUT2D eigenvalue weighted by Crippen LogP contribution is 2.69. The average Bonchev–Trinajstić information content (AvgIpc) is 2.99. The van der Waals surface area contributed by atoms with E-state index in [4.69, 9.17) is 4.43 Å². The van der Waals surface area contributed by atoms with Gasteiger partial charge in [0.1, 0.15) is 10.5 Å². The molecule has 7 atom stereocenters. The Morgan fingerprint density at radius 1 is 1.03 bits per heavy atom. The Morgan fingerprint density at radius 3 is 2.32 bits per heavy atom. The molecule has 0 spiro atoms. The normalized spacial score (nSPS) is 41.7. The Kier molecular flexibility index (Phi) is 5.62. The third-order valence-electron chi connectivity index (χ3n) is 10.5. The number of hydrogen-bond acceptors (Lipinski definition) is 2. The molecule has 4 aliphatic carbocycles. The van der Waals surface area contributed by atoms with Crippen molar-refractivity contribution in [2.75, 3.05) is 0 Å². The standard InChI is InChI=1S/C28H46O2Si/c1-17-15-18-16-19(29)11-13-27(18,7)21-12-14-28(8)20(23(17)21)9-10-22(28)24(25(2,3)4)26(5,6)30-31/h15-16,20-24H,9-14H2,1-8,31H3/t20-,21-,22+,23-,24?,27-,28-/m0/s1. The minimum Gasteiger partial charge on any atom is -0.423 e. The second kappa shape index (κ2) is 7.42. The highest BCUT2D eigenvalue weighted by Gasteiger charge is 2.62. The van der Waals surface area contributed by atoms with Crippen LogP contribution in [0.25, 0.3) is 0 Å². The molecule has 0 aromatic heterocycles. The molecule has 31 heavy (non-hydrogen) atoms. The Hall–Kier alpha value is -0.673. The topological polar surface area (TPSA) is 26.3 Å². The van der Waals surface area contributed by atoms with Crippen molar-refractivity contribution in [1.29, 1.82) is 0 Å². The second-order valence-corrected chi connectivity index (χ2v) is 13.9. The number of ketones is 1. The van der Waals surface area contributed by atoms with Gasteiger partial charge in [-0.3, -0.25) is 4.79 Å². The smallest absolute Gasteiger partial charge is 0.156 e. The van der Waals surface area contributed by atoms with Crippen LogP contribution in [0.5, 0.6) is 0 Å². The lowest BCUT2D eigenvalue weighted by molar-refractivity contribution is -0.117. The number of allylic oxidation sites excluding steroid dienone is 4. The Labute approximate surface area is 194 Å². The fourth-order valence-electron chi connectivity index (χ4n) is 9.22. The van der Waals surface area contributed by atoms with Gasteiger partial charge in [0, 0.05) is 6.42 Å². The molecule has 2 fully saturated rings. The van der Waals surface area contributed by atoms with Crippen molar-refractivity contribution in [1.82, 2.24) is 0 Å². The van der Waals surface area contributed by atoms with Gasteiger partial charge >= 0.3 is 0 Å². The van der Waals surface area contributed by atoms with E-state index in [2.05, 4.69) is 61.5 Å². The number of hydrogen-bond donors (Lipinski definition) is 0. The Balaban J connectivity index is 1.74. The molecule has 0 bridgehead atoms. The first-order valence-electron chi connectivity index (χ1n) is 12.7. The summed E-state index contributed by atoms with van der Waals surface area (Å²) in [5.41, 5.74) is 3.62. The van der Waals surface area contributed by atoms with Gasteiger partial charge in [-0.25, -0.2) is 0 Å². The van der Waals surface area contributed by atoms with Crippen molar-refractivity contribution >= 4 is 16.3 Å². The molecular weight excluding hydrogens is 396 g/mol. The van der Waals surface area contributed by atoms with Gasteiger partial charge in [0.15, 0.2) is 5.78 Å². The number of carbonyl (C=O) groups is 1. The van der Waals surface area contributed by atoms with E-state index >= 15 is 0 Å². The summed E-state index contributed by atoms with van der Waals surface area (Å²) in [6, 6.07) is 0. The van der Waals surface area contributed by atoms with Crippen molar-refractivity contribution in [3.8, 4) is 0 Å². The van der Waals surface area contributed by atoms with Gasteiger partial charge in [0.2, 0.25) is 0 Å². The van der Waals surface area contributed by atoms with Crippen LogP contribution in [-0.4, -0.2) is 21.9 Å². The summed E-state index contributed by atoms with van der Waals surface area (Å²) in [4.78, 5) is 12.2. The fourth-order valence-corrected chi connectivity index (χ4v) is 9.47. The summed E-state index contributed by atoms with van der Waals surface area (Å²) in [5.74, 6) is 3.75. The molecule has 0 heterocycles. The van der Waals surface area contributed by atoms with Crippen LogP contribution in [-0.2, 0) is 9.22 Å². The van der Waals surface area contributed by atoms with Gasteiger partial charge in [0.05, 0.1) is 5.60 Å². The average molecular weight is 443 g/mol. The first-order valence-corrected chi connectivity index (χ1v) is 13.6. The van der Waals surface area contributed by atoms with Crippen molar-refractivity contribution in [2.24, 2.45) is 45.8 Å². The van der Waals surface area contributed by atoms with Crippen molar-refractivity contribution in [3.63, 3.8) is 0 Å². The molecule has 174 valence electrons. The van der Waals surface area contributed by atoms with E-state index in [1.807, 2.05) is 6.08 Å². The van der Waals surface area contributed by atoms with Crippen LogP contribution >= 0.6 is 0 Å². The summed E-state index contributed by atoms with van der Waals surface area (Å²) in [6.07, 6.45) is 11.5. The number of fused-ring (bicyclic) bond motifs is 5. The highest BCUT2D eigenvalue weighted by atomic mass is 28.2. The van der Waals surface area contributed by atoms with Crippen LogP contribution < -0.4 is 0 Å². The van der Waals surface area contributed by atoms with Crippen molar-refractivity contribution in [3.05, 3.63) is 23.3 Å². The highest BCUT2D eigenvalue weighted by molar-refractivity contribution is 5.98. The summed E-state index contributed by atoms with van der Waals surface area (Å²) in [6.45, 7) is 19.5. The molecule has 2 nitrogen and oxygen atoms in total. The third-order valence-corrected chi connectivity index (χ3v) is 11.6. The molecule has 0 aliphatic heterocycles. The second-order valence-electron chi connectivity index (χ2n) is 13.5. The molecule has 0 aromatic carbocycles. The van der Waals surface area contributed by atoms with E-state index in [1.54, 1.807) is 5.57 Å². The van der Waals surface area contributed by atoms with E-state index in [9.17, 15) is 4.79 Å². The molecule has 1 unspecified atom stereocenters. The van der Waals surface area contributed by atoms with Crippen molar-refractivity contribution < 1.29 is 9.22 Å². The van der Waals surface area contributed by atoms with E-state index in [0.717, 1.165) is 29.2 Å². The van der Waals surface area contributed by atoms with Crippen LogP contribution in [0, 0.1) is 45.8 Å². The lowest BCUT2D eigenvalue weighted by Crippen LogP contribution is -2.54. The minimum absolute atomic E-state index is 0.0625. The van der Waals surface area contributed by atoms with E-state index in [1.165, 1.54) is 31.3 Å². The maximum absolute atomic E-state index is 12.2. The van der Waals surface area contributed by atoms with Gasteiger partial charge in [-0.1, -0.05) is 46.3 Å². The van der Waals surface area contributed by atoms with Gasteiger partial charge in [0.25, 0.3) is 0 Å². The fraction of sp³-hybridized carbons (Fsp3) is 0.821. The zero-order chi connectivity index (χ0) is 23.0. The number of carbonyl (C=O) groups excluding carboxylic acids is 1. The SMILES string of the molecule is CC1=CC2=CC(=O)CC[C@]2(C)[C@H]2CC[C@]3(C)[C@@H](C(C(C)(C)C)C(C)(C)O[SiH3])CC[C@H]3[C@H]12. The number of rotatable bonds is 3. The van der Waals surface area contributed by atoms with E-state index in [0.29, 0.717) is 34.9 Å². The molecule has 0 radical (unpaired) electrons. The minimum atomic E-state index is -0.0625. The van der Waals surface area contributed by atoms with Crippen molar-refractivity contribution in [2.45, 2.75) is 99.5 Å². The first-order chi connectivity index (χ1) is 14.3. The molecule has 4 aliphatic rings. The van der Waals surface area contributed by atoms with Gasteiger partial charge in [-0.2, -0.15) is 0 Å². The molecule has 0 amide bonds. The Bertz CT molecular complexity index is 815. The molecule has 2 saturated carbocycles. The molecular formula is C28H46O2Si. The largest absolute Gasteiger partial charge is 0.423 e. The van der Waals surface area contributed by atoms with E-state index in [-0.39, 0.29) is 16.4 Å². The van der Waals surface area contributed by atoms with Crippen LogP contribution in [0.4, 0.5) is 0 Å². The zero-order valence-corrected chi connectivity index (χ0v) is 23.6. The summed E-state index contributed by atoms with van der Waals surface area (Å²) in [5, 5.41) is 0. The molecule has 0 N–H and O–H groups in total.